The molecule has 0 bridgehead atoms. The molecule has 0 saturated heterocycles. The molecule has 0 aliphatic rings. The zero-order valence-corrected chi connectivity index (χ0v) is 11.7. The second kappa shape index (κ2) is 4.60. The Kier molecular flexibility index (Phi) is 3.33. The summed E-state index contributed by atoms with van der Waals surface area (Å²) >= 11 is 2.01. The van der Waals surface area contributed by atoms with Crippen molar-refractivity contribution >= 4 is 22.6 Å². The predicted molar refractivity (Wildman–Crippen MR) is 74.5 cm³/mol. The first-order valence-corrected chi connectivity index (χ1v) is 6.20. The number of benzene rings is 1. The van der Waals surface area contributed by atoms with Crippen molar-refractivity contribution in [3.05, 3.63) is 55.6 Å². The highest BCUT2D eigenvalue weighted by atomic mass is 127. The lowest BCUT2D eigenvalue weighted by atomic mass is 10.0. The Morgan fingerprint density at radius 1 is 1.24 bits per heavy atom. The summed E-state index contributed by atoms with van der Waals surface area (Å²) in [6.07, 6.45) is 0. The summed E-state index contributed by atoms with van der Waals surface area (Å²) in [5.41, 5.74) is 2.46. The number of aryl methyl sites for hydroxylation is 1. The zero-order valence-electron chi connectivity index (χ0n) is 9.50. The van der Waals surface area contributed by atoms with Crippen LogP contribution in [0.1, 0.15) is 5.56 Å². The van der Waals surface area contributed by atoms with E-state index in [4.69, 9.17) is 0 Å². The third-order valence-corrected chi connectivity index (χ3v) is 3.54. The van der Waals surface area contributed by atoms with Crippen molar-refractivity contribution in [1.82, 2.24) is 4.57 Å². The van der Waals surface area contributed by atoms with Gasteiger partial charge < -0.3 is 4.57 Å². The highest BCUT2D eigenvalue weighted by Crippen LogP contribution is 2.22. The summed E-state index contributed by atoms with van der Waals surface area (Å²) in [5.74, 6) is -0.262. The van der Waals surface area contributed by atoms with Crippen LogP contribution >= 0.6 is 22.6 Å². The van der Waals surface area contributed by atoms with Gasteiger partial charge in [-0.2, -0.15) is 0 Å². The molecule has 0 fully saturated rings. The third-order valence-electron chi connectivity index (χ3n) is 2.72. The Balaban J connectivity index is 2.69. The molecule has 2 rings (SSSR count). The minimum absolute atomic E-state index is 0.0353. The molecule has 1 heterocycles. The molecule has 0 amide bonds. The fourth-order valence-corrected chi connectivity index (χ4v) is 2.33. The highest BCUT2D eigenvalue weighted by Gasteiger charge is 2.08. The lowest BCUT2D eigenvalue weighted by Crippen LogP contribution is -2.20. The van der Waals surface area contributed by atoms with E-state index in [1.165, 1.54) is 12.1 Å². The average molecular weight is 343 g/mol. The lowest BCUT2D eigenvalue weighted by molar-refractivity contribution is 0.626. The number of aromatic nitrogens is 1. The molecule has 0 spiro atoms. The first kappa shape index (κ1) is 12.3. The molecule has 0 aliphatic carbocycles. The van der Waals surface area contributed by atoms with Gasteiger partial charge in [0.25, 0.3) is 5.56 Å². The minimum atomic E-state index is -0.262. The summed E-state index contributed by atoms with van der Waals surface area (Å²) in [5, 5.41) is 0. The van der Waals surface area contributed by atoms with E-state index in [2.05, 4.69) is 0 Å². The van der Waals surface area contributed by atoms with Gasteiger partial charge in [-0.1, -0.05) is 0 Å². The van der Waals surface area contributed by atoms with E-state index >= 15 is 0 Å². The highest BCUT2D eigenvalue weighted by molar-refractivity contribution is 14.1. The molecule has 0 aliphatic heterocycles. The van der Waals surface area contributed by atoms with Crippen LogP contribution in [0, 0.1) is 16.3 Å². The molecule has 4 heteroatoms. The number of halogens is 2. The molecular weight excluding hydrogens is 332 g/mol. The van der Waals surface area contributed by atoms with E-state index in [0.717, 1.165) is 16.8 Å². The van der Waals surface area contributed by atoms with Gasteiger partial charge in [-0.3, -0.25) is 4.79 Å². The lowest BCUT2D eigenvalue weighted by Gasteiger charge is -2.11. The molecule has 1 aromatic heterocycles. The molecule has 0 radical (unpaired) electrons. The molecule has 88 valence electrons. The van der Waals surface area contributed by atoms with E-state index in [9.17, 15) is 9.18 Å². The van der Waals surface area contributed by atoms with E-state index < -0.39 is 0 Å². The summed E-state index contributed by atoms with van der Waals surface area (Å²) < 4.78 is 15.3. The monoisotopic (exact) mass is 343 g/mol. The van der Waals surface area contributed by atoms with Gasteiger partial charge >= 0.3 is 0 Å². The van der Waals surface area contributed by atoms with Crippen molar-refractivity contribution < 1.29 is 4.39 Å². The van der Waals surface area contributed by atoms with Crippen LogP contribution in [0.3, 0.4) is 0 Å². The fraction of sp³-hybridized carbons (Fsp3) is 0.154. The van der Waals surface area contributed by atoms with Gasteiger partial charge in [0.2, 0.25) is 0 Å². The second-order valence-corrected chi connectivity index (χ2v) is 5.05. The number of hydrogen-bond acceptors (Lipinski definition) is 1. The van der Waals surface area contributed by atoms with Gasteiger partial charge in [-0.05, 0) is 65.4 Å². The Bertz CT molecular complexity index is 634. The van der Waals surface area contributed by atoms with Crippen molar-refractivity contribution in [2.45, 2.75) is 6.92 Å². The SMILES string of the molecule is Cc1cc(F)ccc1-c1ccc(I)c(=O)n1C. The van der Waals surface area contributed by atoms with Crippen LogP contribution in [-0.2, 0) is 7.05 Å². The first-order chi connectivity index (χ1) is 8.00. The Morgan fingerprint density at radius 2 is 1.94 bits per heavy atom. The predicted octanol–water partition coefficient (Wildman–Crippen LogP) is 3.10. The van der Waals surface area contributed by atoms with Crippen molar-refractivity contribution in [2.75, 3.05) is 0 Å². The van der Waals surface area contributed by atoms with Crippen LogP contribution in [0.15, 0.2) is 35.1 Å². The molecule has 0 saturated carbocycles. The topological polar surface area (TPSA) is 22.0 Å². The molecule has 0 atom stereocenters. The molecule has 2 aromatic rings. The van der Waals surface area contributed by atoms with Crippen LogP contribution < -0.4 is 5.56 Å². The van der Waals surface area contributed by atoms with Crippen molar-refractivity contribution in [2.24, 2.45) is 7.05 Å². The van der Waals surface area contributed by atoms with Gasteiger partial charge in [0, 0.05) is 12.6 Å². The Labute approximate surface area is 112 Å². The number of hydrogen-bond donors (Lipinski definition) is 0. The van der Waals surface area contributed by atoms with Crippen LogP contribution in [-0.4, -0.2) is 4.57 Å². The zero-order chi connectivity index (χ0) is 12.6. The first-order valence-electron chi connectivity index (χ1n) is 5.13. The number of nitrogens with zero attached hydrogens (tertiary/aromatic N) is 1. The number of rotatable bonds is 1. The number of pyridine rings is 1. The van der Waals surface area contributed by atoms with Gasteiger partial charge in [-0.25, -0.2) is 4.39 Å². The van der Waals surface area contributed by atoms with Gasteiger partial charge in [-0.15, -0.1) is 0 Å². The van der Waals surface area contributed by atoms with Gasteiger partial charge in [0.05, 0.1) is 9.26 Å². The van der Waals surface area contributed by atoms with Crippen LogP contribution in [0.25, 0.3) is 11.3 Å². The normalized spacial score (nSPS) is 10.6. The maximum absolute atomic E-state index is 13.0. The summed E-state index contributed by atoms with van der Waals surface area (Å²) in [6, 6.07) is 8.24. The molecule has 1 aromatic carbocycles. The standard InChI is InChI=1S/C13H11FINO/c1-8-7-9(14)3-4-10(8)12-6-5-11(15)13(17)16(12)2/h3-7H,1-2H3. The minimum Gasteiger partial charge on any atom is -0.310 e. The maximum atomic E-state index is 13.0. The fourth-order valence-electron chi connectivity index (χ4n) is 1.79. The van der Waals surface area contributed by atoms with Crippen LogP contribution in [0.5, 0.6) is 0 Å². The average Bonchev–Trinajstić information content (AvgIpc) is 2.28. The summed E-state index contributed by atoms with van der Waals surface area (Å²) in [7, 11) is 1.72. The van der Waals surface area contributed by atoms with Crippen LogP contribution in [0.4, 0.5) is 4.39 Å². The molecule has 0 unspecified atom stereocenters. The largest absolute Gasteiger partial charge is 0.310 e. The van der Waals surface area contributed by atoms with Gasteiger partial charge in [0.15, 0.2) is 0 Å². The van der Waals surface area contributed by atoms with Crippen molar-refractivity contribution in [3.63, 3.8) is 0 Å². The molecular formula is C13H11FINO. The molecule has 2 nitrogen and oxygen atoms in total. The molecule has 0 N–H and O–H groups in total. The van der Waals surface area contributed by atoms with Gasteiger partial charge in [0.1, 0.15) is 5.82 Å². The Morgan fingerprint density at radius 3 is 2.59 bits per heavy atom. The second-order valence-electron chi connectivity index (χ2n) is 3.89. The third kappa shape index (κ3) is 2.26. The van der Waals surface area contributed by atoms with Crippen molar-refractivity contribution in [1.29, 1.82) is 0 Å². The summed E-state index contributed by atoms with van der Waals surface area (Å²) in [4.78, 5) is 11.8. The van der Waals surface area contributed by atoms with E-state index in [0.29, 0.717) is 3.57 Å². The van der Waals surface area contributed by atoms with E-state index in [-0.39, 0.29) is 11.4 Å². The van der Waals surface area contributed by atoms with Crippen LogP contribution in [0.2, 0.25) is 0 Å². The Hall–Kier alpha value is -1.17. The smallest absolute Gasteiger partial charge is 0.264 e. The summed E-state index contributed by atoms with van der Waals surface area (Å²) in [6.45, 7) is 1.83. The maximum Gasteiger partial charge on any atom is 0.264 e. The quantitative estimate of drug-likeness (QED) is 0.730. The van der Waals surface area contributed by atoms with E-state index in [1.807, 2.05) is 35.6 Å². The molecule has 17 heavy (non-hydrogen) atoms. The van der Waals surface area contributed by atoms with Crippen molar-refractivity contribution in [3.8, 4) is 11.3 Å². The van der Waals surface area contributed by atoms with E-state index in [1.54, 1.807) is 23.7 Å².